The molecule has 0 atom stereocenters. The number of fused-ring (bicyclic) bond motifs is 1. The molecule has 0 saturated heterocycles. The predicted molar refractivity (Wildman–Crippen MR) is 131 cm³/mol. The average molecular weight is 466 g/mol. The van der Waals surface area contributed by atoms with E-state index in [1.54, 1.807) is 0 Å². The molecular weight excluding hydrogens is 446 g/mol. The van der Waals surface area contributed by atoms with Crippen molar-refractivity contribution in [2.75, 3.05) is 4.90 Å². The first-order valence-corrected chi connectivity index (χ1v) is 11.0. The fraction of sp³-hybridized carbons (Fsp3) is 0.0370. The lowest BCUT2D eigenvalue weighted by molar-refractivity contribution is 0.921. The maximum Gasteiger partial charge on any atom is 0.231 e. The third kappa shape index (κ3) is 4.21. The van der Waals surface area contributed by atoms with Crippen LogP contribution in [0.15, 0.2) is 114 Å². The molecular formula is C27H20BrN3. The summed E-state index contributed by atoms with van der Waals surface area (Å²) in [5, 5.41) is 1.03. The van der Waals surface area contributed by atoms with E-state index in [0.717, 1.165) is 32.3 Å². The largest absolute Gasteiger partial charge is 0.306 e. The Labute approximate surface area is 190 Å². The number of benzene rings is 4. The lowest BCUT2D eigenvalue weighted by Crippen LogP contribution is -2.19. The minimum Gasteiger partial charge on any atom is -0.306 e. The van der Waals surface area contributed by atoms with Gasteiger partial charge in [0.15, 0.2) is 0 Å². The zero-order valence-electron chi connectivity index (χ0n) is 16.8. The SMILES string of the molecule is Brc1ccc2nc(N(Cc3ccccc3)c3ccccc3)nc(-c3ccccc3)c2c1. The number of nitrogens with zero attached hydrogens (tertiary/aromatic N) is 3. The van der Waals surface area contributed by atoms with Gasteiger partial charge in [-0.1, -0.05) is 94.8 Å². The number of halogens is 1. The van der Waals surface area contributed by atoms with Crippen LogP contribution in [0.5, 0.6) is 0 Å². The summed E-state index contributed by atoms with van der Waals surface area (Å²) in [6.07, 6.45) is 0. The van der Waals surface area contributed by atoms with Crippen molar-refractivity contribution >= 4 is 38.5 Å². The second-order valence-electron chi connectivity index (χ2n) is 7.31. The molecule has 0 aliphatic rings. The monoisotopic (exact) mass is 465 g/mol. The van der Waals surface area contributed by atoms with E-state index in [-0.39, 0.29) is 0 Å². The topological polar surface area (TPSA) is 29.0 Å². The van der Waals surface area contributed by atoms with Gasteiger partial charge in [-0.25, -0.2) is 9.97 Å². The van der Waals surface area contributed by atoms with Gasteiger partial charge in [-0.2, -0.15) is 0 Å². The van der Waals surface area contributed by atoms with Crippen molar-refractivity contribution in [1.82, 2.24) is 9.97 Å². The van der Waals surface area contributed by atoms with Crippen molar-refractivity contribution in [2.45, 2.75) is 6.54 Å². The van der Waals surface area contributed by atoms with Gasteiger partial charge in [0.25, 0.3) is 0 Å². The van der Waals surface area contributed by atoms with E-state index in [0.29, 0.717) is 12.5 Å². The Balaban J connectivity index is 1.71. The molecule has 31 heavy (non-hydrogen) atoms. The number of hydrogen-bond donors (Lipinski definition) is 0. The molecule has 0 fully saturated rings. The van der Waals surface area contributed by atoms with Crippen LogP contribution in [0.1, 0.15) is 5.56 Å². The molecule has 4 heteroatoms. The molecule has 0 aliphatic heterocycles. The van der Waals surface area contributed by atoms with Gasteiger partial charge in [0, 0.05) is 21.1 Å². The van der Waals surface area contributed by atoms with Crippen LogP contribution in [0.25, 0.3) is 22.2 Å². The van der Waals surface area contributed by atoms with Crippen molar-refractivity contribution in [3.8, 4) is 11.3 Å². The molecule has 0 saturated carbocycles. The highest BCUT2D eigenvalue weighted by Crippen LogP contribution is 2.33. The molecule has 3 nitrogen and oxygen atoms in total. The van der Waals surface area contributed by atoms with Crippen LogP contribution < -0.4 is 4.90 Å². The standard InChI is InChI=1S/C27H20BrN3/c28-22-16-17-25-24(18-22)26(21-12-6-2-7-13-21)30-27(29-25)31(23-14-8-3-9-15-23)19-20-10-4-1-5-11-20/h1-18H,19H2. The molecule has 0 aliphatic carbocycles. The number of para-hydroxylation sites is 1. The van der Waals surface area contributed by atoms with E-state index >= 15 is 0 Å². The number of aromatic nitrogens is 2. The van der Waals surface area contributed by atoms with Crippen molar-refractivity contribution in [2.24, 2.45) is 0 Å². The van der Waals surface area contributed by atoms with Crippen molar-refractivity contribution < 1.29 is 0 Å². The summed E-state index contributed by atoms with van der Waals surface area (Å²) in [5.74, 6) is 0.684. The van der Waals surface area contributed by atoms with E-state index in [9.17, 15) is 0 Å². The van der Waals surface area contributed by atoms with Gasteiger partial charge in [0.05, 0.1) is 17.8 Å². The van der Waals surface area contributed by atoms with Crippen LogP contribution in [0.4, 0.5) is 11.6 Å². The number of anilines is 2. The lowest BCUT2D eigenvalue weighted by atomic mass is 10.1. The summed E-state index contributed by atoms with van der Waals surface area (Å²) in [5.41, 5.74) is 5.17. The van der Waals surface area contributed by atoms with Crippen LogP contribution in [0.2, 0.25) is 0 Å². The first-order valence-electron chi connectivity index (χ1n) is 10.2. The Morgan fingerprint density at radius 3 is 2.03 bits per heavy atom. The Bertz CT molecular complexity index is 1310. The molecule has 1 heterocycles. The quantitative estimate of drug-likeness (QED) is 0.270. The molecule has 0 bridgehead atoms. The molecule has 5 aromatic rings. The maximum absolute atomic E-state index is 5.08. The second-order valence-corrected chi connectivity index (χ2v) is 8.22. The van der Waals surface area contributed by atoms with Gasteiger partial charge in [-0.15, -0.1) is 0 Å². The first-order chi connectivity index (χ1) is 15.3. The van der Waals surface area contributed by atoms with Gasteiger partial charge in [0.1, 0.15) is 0 Å². The Kier molecular flexibility index (Phi) is 5.46. The van der Waals surface area contributed by atoms with Crippen molar-refractivity contribution in [1.29, 1.82) is 0 Å². The predicted octanol–water partition coefficient (Wildman–Crippen LogP) is 7.40. The van der Waals surface area contributed by atoms with Gasteiger partial charge < -0.3 is 4.90 Å². The van der Waals surface area contributed by atoms with Crippen LogP contribution in [0, 0.1) is 0 Å². The Hall–Kier alpha value is -3.50. The van der Waals surface area contributed by atoms with E-state index in [4.69, 9.17) is 9.97 Å². The van der Waals surface area contributed by atoms with Crippen LogP contribution in [-0.4, -0.2) is 9.97 Å². The molecule has 150 valence electrons. The molecule has 0 spiro atoms. The minimum atomic E-state index is 0.682. The molecule has 0 amide bonds. The molecule has 5 rings (SSSR count). The summed E-state index contributed by atoms with van der Waals surface area (Å²) in [4.78, 5) is 12.2. The summed E-state index contributed by atoms with van der Waals surface area (Å²) >= 11 is 3.60. The van der Waals surface area contributed by atoms with Crippen molar-refractivity contribution in [3.63, 3.8) is 0 Å². The Morgan fingerprint density at radius 1 is 0.677 bits per heavy atom. The van der Waals surface area contributed by atoms with Gasteiger partial charge in [-0.05, 0) is 35.9 Å². The third-order valence-corrected chi connectivity index (χ3v) is 5.68. The summed E-state index contributed by atoms with van der Waals surface area (Å²) in [6.45, 7) is 0.682. The van der Waals surface area contributed by atoms with Crippen LogP contribution in [0.3, 0.4) is 0 Å². The Morgan fingerprint density at radius 2 is 1.32 bits per heavy atom. The van der Waals surface area contributed by atoms with Gasteiger partial charge in [0.2, 0.25) is 5.95 Å². The fourth-order valence-electron chi connectivity index (χ4n) is 3.68. The summed E-state index contributed by atoms with van der Waals surface area (Å²) in [6, 6.07) is 37.2. The minimum absolute atomic E-state index is 0.682. The third-order valence-electron chi connectivity index (χ3n) is 5.19. The van der Waals surface area contributed by atoms with Crippen LogP contribution >= 0.6 is 15.9 Å². The normalized spacial score (nSPS) is 10.9. The lowest BCUT2D eigenvalue weighted by Gasteiger charge is -2.24. The number of hydrogen-bond acceptors (Lipinski definition) is 3. The molecule has 4 aromatic carbocycles. The van der Waals surface area contributed by atoms with Gasteiger partial charge >= 0.3 is 0 Å². The van der Waals surface area contributed by atoms with E-state index in [1.165, 1.54) is 5.56 Å². The molecule has 1 aromatic heterocycles. The second kappa shape index (κ2) is 8.70. The van der Waals surface area contributed by atoms with Crippen molar-refractivity contribution in [3.05, 3.63) is 119 Å². The van der Waals surface area contributed by atoms with Crippen LogP contribution in [-0.2, 0) is 6.54 Å². The summed E-state index contributed by atoms with van der Waals surface area (Å²) < 4.78 is 1.01. The zero-order valence-corrected chi connectivity index (χ0v) is 18.4. The average Bonchev–Trinajstić information content (AvgIpc) is 2.84. The zero-order chi connectivity index (χ0) is 21.0. The van der Waals surface area contributed by atoms with E-state index < -0.39 is 0 Å². The van der Waals surface area contributed by atoms with E-state index in [2.05, 4.69) is 75.4 Å². The van der Waals surface area contributed by atoms with E-state index in [1.807, 2.05) is 54.6 Å². The first kappa shape index (κ1) is 19.5. The summed E-state index contributed by atoms with van der Waals surface area (Å²) in [7, 11) is 0. The smallest absolute Gasteiger partial charge is 0.231 e. The highest BCUT2D eigenvalue weighted by Gasteiger charge is 2.17. The maximum atomic E-state index is 5.08. The van der Waals surface area contributed by atoms with Gasteiger partial charge in [-0.3, -0.25) is 0 Å². The molecule has 0 N–H and O–H groups in total. The highest BCUT2D eigenvalue weighted by molar-refractivity contribution is 9.10. The number of rotatable bonds is 5. The fourth-order valence-corrected chi connectivity index (χ4v) is 4.04. The molecule has 0 radical (unpaired) electrons. The highest BCUT2D eigenvalue weighted by atomic mass is 79.9. The molecule has 0 unspecified atom stereocenters.